The van der Waals surface area contributed by atoms with Gasteiger partial charge in [0, 0.05) is 13.6 Å². The average Bonchev–Trinajstić information content (AvgIpc) is 3.19. The Labute approximate surface area is 130 Å². The standard InChI is InChI=1S/C16H22N2O4/c1-17(20-2)16(19)13-4-3-8-18(13)9-7-12-5-6-14-15(10-12)22-11-21-14/h5-6,10,13H,3-4,7-9,11H2,1-2H3/t13-/m0/s1. The van der Waals surface area contributed by atoms with Gasteiger partial charge in [-0.2, -0.15) is 0 Å². The number of carbonyl (C=O) groups is 1. The highest BCUT2D eigenvalue weighted by Gasteiger charge is 2.32. The van der Waals surface area contributed by atoms with E-state index >= 15 is 0 Å². The van der Waals surface area contributed by atoms with E-state index in [0.717, 1.165) is 43.9 Å². The number of hydrogen-bond donors (Lipinski definition) is 0. The molecule has 2 aliphatic heterocycles. The SMILES string of the molecule is CON(C)C(=O)[C@@H]1CCCN1CCc1ccc2c(c1)OCO2. The van der Waals surface area contributed by atoms with Crippen molar-refractivity contribution >= 4 is 5.91 Å². The number of ether oxygens (including phenoxy) is 2. The predicted molar refractivity (Wildman–Crippen MR) is 80.6 cm³/mol. The third-order valence-corrected chi connectivity index (χ3v) is 4.36. The maximum atomic E-state index is 12.3. The van der Waals surface area contributed by atoms with Gasteiger partial charge in [0.1, 0.15) is 0 Å². The molecule has 1 fully saturated rings. The number of likely N-dealkylation sites (N-methyl/N-ethyl adjacent to an activating group) is 1. The van der Waals surface area contributed by atoms with Crippen LogP contribution in [-0.4, -0.2) is 56.0 Å². The normalized spacial score (nSPS) is 20.4. The van der Waals surface area contributed by atoms with Crippen LogP contribution in [0, 0.1) is 0 Å². The van der Waals surface area contributed by atoms with Crippen LogP contribution in [0.5, 0.6) is 11.5 Å². The molecule has 0 saturated carbocycles. The van der Waals surface area contributed by atoms with Gasteiger partial charge in [-0.05, 0) is 43.5 Å². The van der Waals surface area contributed by atoms with E-state index in [-0.39, 0.29) is 11.9 Å². The molecule has 1 aromatic rings. The maximum absolute atomic E-state index is 12.3. The van der Waals surface area contributed by atoms with Gasteiger partial charge in [-0.15, -0.1) is 0 Å². The molecule has 22 heavy (non-hydrogen) atoms. The second-order valence-electron chi connectivity index (χ2n) is 5.65. The third kappa shape index (κ3) is 3.03. The van der Waals surface area contributed by atoms with Crippen LogP contribution in [0.3, 0.4) is 0 Å². The highest BCUT2D eigenvalue weighted by molar-refractivity contribution is 5.81. The van der Waals surface area contributed by atoms with E-state index in [0.29, 0.717) is 6.79 Å². The van der Waals surface area contributed by atoms with Gasteiger partial charge in [0.2, 0.25) is 6.79 Å². The average molecular weight is 306 g/mol. The van der Waals surface area contributed by atoms with Crippen molar-refractivity contribution in [1.29, 1.82) is 0 Å². The zero-order chi connectivity index (χ0) is 15.5. The molecule has 1 aromatic carbocycles. The second kappa shape index (κ2) is 6.54. The highest BCUT2D eigenvalue weighted by atomic mass is 16.7. The Hall–Kier alpha value is -1.79. The fourth-order valence-corrected chi connectivity index (χ4v) is 3.04. The molecule has 1 amide bonds. The van der Waals surface area contributed by atoms with Gasteiger partial charge >= 0.3 is 0 Å². The minimum atomic E-state index is -0.0704. The van der Waals surface area contributed by atoms with Crippen LogP contribution in [0.1, 0.15) is 18.4 Å². The first-order valence-corrected chi connectivity index (χ1v) is 7.63. The van der Waals surface area contributed by atoms with E-state index in [1.807, 2.05) is 12.1 Å². The Morgan fingerprint density at radius 1 is 1.41 bits per heavy atom. The molecule has 2 aliphatic rings. The largest absolute Gasteiger partial charge is 0.454 e. The first-order valence-electron chi connectivity index (χ1n) is 7.63. The number of rotatable bonds is 5. The number of hydrogen-bond acceptors (Lipinski definition) is 5. The summed E-state index contributed by atoms with van der Waals surface area (Å²) in [6, 6.07) is 5.96. The Kier molecular flexibility index (Phi) is 4.49. The summed E-state index contributed by atoms with van der Waals surface area (Å²) < 4.78 is 10.7. The Bertz CT molecular complexity index is 549. The molecule has 0 bridgehead atoms. The summed E-state index contributed by atoms with van der Waals surface area (Å²) in [6.45, 7) is 2.11. The number of amides is 1. The van der Waals surface area contributed by atoms with Crippen LogP contribution in [0.4, 0.5) is 0 Å². The van der Waals surface area contributed by atoms with E-state index < -0.39 is 0 Å². The molecule has 0 radical (unpaired) electrons. The van der Waals surface area contributed by atoms with Gasteiger partial charge in [-0.25, -0.2) is 5.06 Å². The first-order chi connectivity index (χ1) is 10.7. The lowest BCUT2D eigenvalue weighted by Crippen LogP contribution is -2.44. The number of carbonyl (C=O) groups excluding carboxylic acids is 1. The molecule has 0 spiro atoms. The molecular formula is C16H22N2O4. The minimum absolute atomic E-state index is 0.0330. The lowest BCUT2D eigenvalue weighted by atomic mass is 10.1. The smallest absolute Gasteiger partial charge is 0.263 e. The Morgan fingerprint density at radius 3 is 3.05 bits per heavy atom. The highest BCUT2D eigenvalue weighted by Crippen LogP contribution is 2.32. The number of benzene rings is 1. The molecule has 0 N–H and O–H groups in total. The minimum Gasteiger partial charge on any atom is -0.454 e. The molecule has 6 nitrogen and oxygen atoms in total. The van der Waals surface area contributed by atoms with Crippen molar-refractivity contribution in [3.8, 4) is 11.5 Å². The molecule has 3 rings (SSSR count). The molecule has 120 valence electrons. The zero-order valence-electron chi connectivity index (χ0n) is 13.1. The molecule has 1 atom stereocenters. The second-order valence-corrected chi connectivity index (χ2v) is 5.65. The van der Waals surface area contributed by atoms with E-state index in [1.165, 1.54) is 17.7 Å². The van der Waals surface area contributed by atoms with Crippen molar-refractivity contribution in [3.63, 3.8) is 0 Å². The fraction of sp³-hybridized carbons (Fsp3) is 0.562. The van der Waals surface area contributed by atoms with Gasteiger partial charge in [0.05, 0.1) is 13.2 Å². The summed E-state index contributed by atoms with van der Waals surface area (Å²) in [7, 11) is 3.18. The molecule has 0 unspecified atom stereocenters. The number of nitrogens with zero attached hydrogens (tertiary/aromatic N) is 2. The van der Waals surface area contributed by atoms with E-state index in [9.17, 15) is 4.79 Å². The summed E-state index contributed by atoms with van der Waals surface area (Å²) in [5.74, 6) is 1.65. The number of likely N-dealkylation sites (tertiary alicyclic amines) is 1. The van der Waals surface area contributed by atoms with Crippen molar-refractivity contribution in [1.82, 2.24) is 9.96 Å². The molecule has 2 heterocycles. The summed E-state index contributed by atoms with van der Waals surface area (Å²) in [5.41, 5.74) is 1.20. The van der Waals surface area contributed by atoms with E-state index in [2.05, 4.69) is 11.0 Å². The number of fused-ring (bicyclic) bond motifs is 1. The van der Waals surface area contributed by atoms with Gasteiger partial charge in [-0.1, -0.05) is 6.07 Å². The van der Waals surface area contributed by atoms with Crippen molar-refractivity contribution in [3.05, 3.63) is 23.8 Å². The van der Waals surface area contributed by atoms with Crippen molar-refractivity contribution < 1.29 is 19.1 Å². The zero-order valence-corrected chi connectivity index (χ0v) is 13.1. The van der Waals surface area contributed by atoms with Crippen LogP contribution in [0.2, 0.25) is 0 Å². The van der Waals surface area contributed by atoms with E-state index in [1.54, 1.807) is 7.05 Å². The first kappa shape index (κ1) is 15.1. The summed E-state index contributed by atoms with van der Waals surface area (Å²) >= 11 is 0. The topological polar surface area (TPSA) is 51.2 Å². The van der Waals surface area contributed by atoms with Crippen molar-refractivity contribution in [2.45, 2.75) is 25.3 Å². The van der Waals surface area contributed by atoms with Gasteiger partial charge in [-0.3, -0.25) is 14.5 Å². The Balaban J connectivity index is 1.59. The lowest BCUT2D eigenvalue weighted by Gasteiger charge is -2.26. The van der Waals surface area contributed by atoms with Crippen LogP contribution in [0.25, 0.3) is 0 Å². The summed E-state index contributed by atoms with van der Waals surface area (Å²) in [5, 5.41) is 1.32. The molecular weight excluding hydrogens is 284 g/mol. The predicted octanol–water partition coefficient (Wildman–Crippen LogP) is 1.44. The monoisotopic (exact) mass is 306 g/mol. The van der Waals surface area contributed by atoms with Crippen LogP contribution in [0.15, 0.2) is 18.2 Å². The molecule has 6 heteroatoms. The lowest BCUT2D eigenvalue weighted by molar-refractivity contribution is -0.173. The van der Waals surface area contributed by atoms with Crippen molar-refractivity contribution in [2.24, 2.45) is 0 Å². The maximum Gasteiger partial charge on any atom is 0.263 e. The van der Waals surface area contributed by atoms with Gasteiger partial charge < -0.3 is 9.47 Å². The van der Waals surface area contributed by atoms with Crippen molar-refractivity contribution in [2.75, 3.05) is 34.0 Å². The quantitative estimate of drug-likeness (QED) is 0.771. The number of hydroxylamine groups is 2. The van der Waals surface area contributed by atoms with E-state index in [4.69, 9.17) is 14.3 Å². The summed E-state index contributed by atoms with van der Waals surface area (Å²) in [6.07, 6.45) is 2.83. The van der Waals surface area contributed by atoms with Crippen LogP contribution in [-0.2, 0) is 16.1 Å². The molecule has 1 saturated heterocycles. The third-order valence-electron chi connectivity index (χ3n) is 4.36. The van der Waals surface area contributed by atoms with Gasteiger partial charge in [0.25, 0.3) is 5.91 Å². The Morgan fingerprint density at radius 2 is 2.23 bits per heavy atom. The van der Waals surface area contributed by atoms with Gasteiger partial charge in [0.15, 0.2) is 11.5 Å². The molecule has 0 aliphatic carbocycles. The molecule has 0 aromatic heterocycles. The summed E-state index contributed by atoms with van der Waals surface area (Å²) in [4.78, 5) is 19.5. The van der Waals surface area contributed by atoms with Crippen LogP contribution >= 0.6 is 0 Å². The van der Waals surface area contributed by atoms with Crippen LogP contribution < -0.4 is 9.47 Å². The fourth-order valence-electron chi connectivity index (χ4n) is 3.04.